The number of imide groups is 1. The molecular weight excluding hydrogens is 356 g/mol. The van der Waals surface area contributed by atoms with E-state index in [-0.39, 0.29) is 18.0 Å². The van der Waals surface area contributed by atoms with Crippen LogP contribution in [0.25, 0.3) is 0 Å². The fraction of sp³-hybridized carbons (Fsp3) is 0.619. The number of fused-ring (bicyclic) bond motifs is 1. The van der Waals surface area contributed by atoms with Gasteiger partial charge in [-0.1, -0.05) is 12.1 Å². The topological polar surface area (TPSA) is 56.3 Å². The van der Waals surface area contributed by atoms with Crippen LogP contribution in [0.5, 0.6) is 5.75 Å². The summed E-state index contributed by atoms with van der Waals surface area (Å²) >= 11 is 0. The molecule has 3 aliphatic rings. The summed E-state index contributed by atoms with van der Waals surface area (Å²) < 4.78 is 5.48. The molecule has 0 N–H and O–H groups in total. The van der Waals surface area contributed by atoms with Gasteiger partial charge in [-0.15, -0.1) is 0 Å². The Labute approximate surface area is 166 Å². The summed E-state index contributed by atoms with van der Waals surface area (Å²) in [5.41, 5.74) is 1.15. The van der Waals surface area contributed by atoms with Gasteiger partial charge in [0, 0.05) is 39.3 Å². The van der Waals surface area contributed by atoms with Gasteiger partial charge in [0.2, 0.25) is 0 Å². The van der Waals surface area contributed by atoms with Gasteiger partial charge >= 0.3 is 6.03 Å². The fourth-order valence-electron chi connectivity index (χ4n) is 4.61. The van der Waals surface area contributed by atoms with Gasteiger partial charge in [-0.3, -0.25) is 14.6 Å². The molecular formula is C21H30N4O3. The third-order valence-electron chi connectivity index (χ3n) is 6.18. The van der Waals surface area contributed by atoms with E-state index >= 15 is 0 Å². The summed E-state index contributed by atoms with van der Waals surface area (Å²) in [5, 5.41) is 0. The maximum Gasteiger partial charge on any atom is 0.327 e. The van der Waals surface area contributed by atoms with Crippen molar-refractivity contribution in [2.45, 2.75) is 31.7 Å². The summed E-state index contributed by atoms with van der Waals surface area (Å²) in [4.78, 5) is 33.1. The zero-order chi connectivity index (χ0) is 19.5. The molecule has 7 nitrogen and oxygen atoms in total. The van der Waals surface area contributed by atoms with E-state index in [4.69, 9.17) is 4.74 Å². The van der Waals surface area contributed by atoms with Crippen LogP contribution in [0.15, 0.2) is 24.3 Å². The van der Waals surface area contributed by atoms with Crippen LogP contribution in [0, 0.1) is 0 Å². The van der Waals surface area contributed by atoms with Crippen LogP contribution in [0.2, 0.25) is 0 Å². The fourth-order valence-corrected chi connectivity index (χ4v) is 4.61. The number of carbonyl (C=O) groups excluding carboxylic acids is 2. The minimum atomic E-state index is -0.189. The lowest BCUT2D eigenvalue weighted by molar-refractivity contribution is -0.128. The second-order valence-electron chi connectivity index (χ2n) is 7.83. The van der Waals surface area contributed by atoms with E-state index < -0.39 is 0 Å². The SMILES string of the molecule is COc1ccccc1N1CCN(CCCN2C(=O)[C@@H]3CCCCN3C2=O)CC1. The molecule has 28 heavy (non-hydrogen) atoms. The number of hydrogen-bond donors (Lipinski definition) is 0. The Balaban J connectivity index is 1.24. The standard InChI is InChI=1S/C21H30N4O3/c1-28-19-9-3-2-7-17(19)23-15-13-22(14-16-23)10-6-12-25-20(26)18-8-4-5-11-24(18)21(25)27/h2-3,7,9,18H,4-6,8,10-16H2,1H3/t18-/m0/s1. The molecule has 0 aliphatic carbocycles. The molecule has 0 bridgehead atoms. The first-order valence-electron chi connectivity index (χ1n) is 10.4. The molecule has 1 aromatic carbocycles. The van der Waals surface area contributed by atoms with E-state index in [9.17, 15) is 9.59 Å². The van der Waals surface area contributed by atoms with Crippen molar-refractivity contribution in [2.24, 2.45) is 0 Å². The van der Waals surface area contributed by atoms with Gasteiger partial charge in [-0.25, -0.2) is 4.79 Å². The number of amides is 3. The molecule has 152 valence electrons. The molecule has 1 atom stereocenters. The average Bonchev–Trinajstić information content (AvgIpc) is 2.99. The maximum atomic E-state index is 12.5. The van der Waals surface area contributed by atoms with Crippen LogP contribution in [0.3, 0.4) is 0 Å². The number of hydrogen-bond acceptors (Lipinski definition) is 5. The highest BCUT2D eigenvalue weighted by Gasteiger charge is 2.45. The number of urea groups is 1. The van der Waals surface area contributed by atoms with E-state index in [0.717, 1.165) is 76.4 Å². The lowest BCUT2D eigenvalue weighted by atomic mass is 10.0. The van der Waals surface area contributed by atoms with Crippen molar-refractivity contribution in [3.8, 4) is 5.75 Å². The van der Waals surface area contributed by atoms with Crippen molar-refractivity contribution in [1.82, 2.24) is 14.7 Å². The molecule has 3 amide bonds. The summed E-state index contributed by atoms with van der Waals surface area (Å²) in [6.07, 6.45) is 3.73. The third-order valence-corrected chi connectivity index (χ3v) is 6.18. The van der Waals surface area contributed by atoms with Crippen molar-refractivity contribution >= 4 is 17.6 Å². The molecule has 1 aromatic rings. The number of anilines is 1. The second-order valence-corrected chi connectivity index (χ2v) is 7.83. The van der Waals surface area contributed by atoms with Crippen molar-refractivity contribution in [1.29, 1.82) is 0 Å². The summed E-state index contributed by atoms with van der Waals surface area (Å²) in [6, 6.07) is 7.88. The Morgan fingerprint density at radius 2 is 1.79 bits per heavy atom. The number of piperazine rings is 1. The highest BCUT2D eigenvalue weighted by atomic mass is 16.5. The minimum absolute atomic E-state index is 0.0192. The first kappa shape index (κ1) is 19.1. The Morgan fingerprint density at radius 3 is 2.54 bits per heavy atom. The van der Waals surface area contributed by atoms with Crippen molar-refractivity contribution in [3.63, 3.8) is 0 Å². The van der Waals surface area contributed by atoms with Crippen LogP contribution in [-0.2, 0) is 4.79 Å². The van der Waals surface area contributed by atoms with E-state index in [1.54, 1.807) is 12.0 Å². The summed E-state index contributed by atoms with van der Waals surface area (Å²) in [6.45, 7) is 6.06. The van der Waals surface area contributed by atoms with Gasteiger partial charge in [0.15, 0.2) is 0 Å². The predicted molar refractivity (Wildman–Crippen MR) is 108 cm³/mol. The predicted octanol–water partition coefficient (Wildman–Crippen LogP) is 2.02. The molecule has 4 rings (SSSR count). The molecule has 0 radical (unpaired) electrons. The largest absolute Gasteiger partial charge is 0.495 e. The lowest BCUT2D eigenvalue weighted by Gasteiger charge is -2.36. The second kappa shape index (κ2) is 8.39. The number of carbonyl (C=O) groups is 2. The lowest BCUT2D eigenvalue weighted by Crippen LogP contribution is -2.47. The molecule has 0 unspecified atom stereocenters. The highest BCUT2D eigenvalue weighted by Crippen LogP contribution is 2.29. The number of para-hydroxylation sites is 2. The Bertz CT molecular complexity index is 693. The molecule has 7 heteroatoms. The minimum Gasteiger partial charge on any atom is -0.495 e. The monoisotopic (exact) mass is 386 g/mol. The number of nitrogens with zero attached hydrogens (tertiary/aromatic N) is 4. The van der Waals surface area contributed by atoms with Crippen LogP contribution < -0.4 is 9.64 Å². The normalized spacial score (nSPS) is 23.3. The molecule has 3 aliphatic heterocycles. The number of piperidine rings is 1. The smallest absolute Gasteiger partial charge is 0.327 e. The molecule has 3 heterocycles. The maximum absolute atomic E-state index is 12.5. The van der Waals surface area contributed by atoms with Crippen LogP contribution >= 0.6 is 0 Å². The quantitative estimate of drug-likeness (QED) is 0.700. The van der Waals surface area contributed by atoms with Gasteiger partial charge in [0.1, 0.15) is 11.8 Å². The molecule has 3 fully saturated rings. The van der Waals surface area contributed by atoms with Crippen molar-refractivity contribution < 1.29 is 14.3 Å². The van der Waals surface area contributed by atoms with Crippen molar-refractivity contribution in [2.75, 3.05) is 57.8 Å². The number of rotatable bonds is 6. The number of benzene rings is 1. The van der Waals surface area contributed by atoms with Gasteiger partial charge in [0.25, 0.3) is 5.91 Å². The summed E-state index contributed by atoms with van der Waals surface area (Å²) in [7, 11) is 1.71. The zero-order valence-electron chi connectivity index (χ0n) is 16.7. The van der Waals surface area contributed by atoms with Crippen LogP contribution in [0.1, 0.15) is 25.7 Å². The molecule has 0 saturated carbocycles. The number of methoxy groups -OCH3 is 1. The van der Waals surface area contributed by atoms with Gasteiger partial charge in [-0.05, 0) is 44.4 Å². The third kappa shape index (κ3) is 3.68. The van der Waals surface area contributed by atoms with Crippen molar-refractivity contribution in [3.05, 3.63) is 24.3 Å². The van der Waals surface area contributed by atoms with E-state index in [1.807, 2.05) is 18.2 Å². The Kier molecular flexibility index (Phi) is 5.71. The highest BCUT2D eigenvalue weighted by molar-refractivity contribution is 6.04. The van der Waals surface area contributed by atoms with Crippen LogP contribution in [0.4, 0.5) is 10.5 Å². The molecule has 0 aromatic heterocycles. The zero-order valence-corrected chi connectivity index (χ0v) is 16.7. The first-order chi connectivity index (χ1) is 13.7. The number of ether oxygens (including phenoxy) is 1. The van der Waals surface area contributed by atoms with Gasteiger partial charge < -0.3 is 14.5 Å². The molecule has 3 saturated heterocycles. The van der Waals surface area contributed by atoms with Crippen LogP contribution in [-0.4, -0.2) is 85.6 Å². The first-order valence-corrected chi connectivity index (χ1v) is 10.4. The van der Waals surface area contributed by atoms with Gasteiger partial charge in [0.05, 0.1) is 12.8 Å². The average molecular weight is 386 g/mol. The Hall–Kier alpha value is -2.28. The molecule has 0 spiro atoms. The van der Waals surface area contributed by atoms with E-state index in [0.29, 0.717) is 6.54 Å². The van der Waals surface area contributed by atoms with E-state index in [1.165, 1.54) is 4.90 Å². The Morgan fingerprint density at radius 1 is 1.00 bits per heavy atom. The summed E-state index contributed by atoms with van der Waals surface area (Å²) in [5.74, 6) is 0.934. The van der Waals surface area contributed by atoms with E-state index in [2.05, 4.69) is 15.9 Å². The van der Waals surface area contributed by atoms with Gasteiger partial charge in [-0.2, -0.15) is 0 Å².